The van der Waals surface area contributed by atoms with Gasteiger partial charge in [-0.1, -0.05) is 6.92 Å². The van der Waals surface area contributed by atoms with E-state index >= 15 is 0 Å². The van der Waals surface area contributed by atoms with Crippen molar-refractivity contribution in [3.05, 3.63) is 38.8 Å². The molecule has 0 fully saturated rings. The Bertz CT molecular complexity index is 479. The Labute approximate surface area is 98.0 Å². The maximum Gasteiger partial charge on any atom is 0.332 e. The molecule has 17 heavy (non-hydrogen) atoms. The Balaban J connectivity index is 2.67. The Morgan fingerprint density at radius 3 is 2.82 bits per heavy atom. The number of pyridine rings is 1. The molecule has 0 aliphatic heterocycles. The highest BCUT2D eigenvalue weighted by atomic mass is 16.6. The third-order valence-corrected chi connectivity index (χ3v) is 2.42. The zero-order valence-corrected chi connectivity index (χ0v) is 9.59. The summed E-state index contributed by atoms with van der Waals surface area (Å²) in [5, 5.41) is 10.5. The minimum atomic E-state index is -0.698. The van der Waals surface area contributed by atoms with E-state index in [1.807, 2.05) is 0 Å². The summed E-state index contributed by atoms with van der Waals surface area (Å²) in [6, 6.07) is 1.17. The average molecular weight is 238 g/mol. The molecule has 1 heterocycles. The SMILES string of the molecule is CCC(=O)CCCn1ccc(=O)c([N+](=O)[O-])c1. The Morgan fingerprint density at radius 1 is 1.53 bits per heavy atom. The van der Waals surface area contributed by atoms with Gasteiger partial charge in [-0.2, -0.15) is 0 Å². The largest absolute Gasteiger partial charge is 0.348 e. The van der Waals surface area contributed by atoms with Crippen LogP contribution in [0, 0.1) is 10.1 Å². The van der Waals surface area contributed by atoms with E-state index in [0.29, 0.717) is 25.8 Å². The number of Topliss-reactive ketones (excluding diaryl/α,β-unsaturated/α-hetero) is 1. The van der Waals surface area contributed by atoms with E-state index in [9.17, 15) is 19.7 Å². The fraction of sp³-hybridized carbons (Fsp3) is 0.455. The first-order valence-electron chi connectivity index (χ1n) is 5.40. The van der Waals surface area contributed by atoms with Crippen molar-refractivity contribution in [2.75, 3.05) is 0 Å². The van der Waals surface area contributed by atoms with Crippen LogP contribution < -0.4 is 5.43 Å². The number of aryl methyl sites for hydroxylation is 1. The highest BCUT2D eigenvalue weighted by molar-refractivity contribution is 5.77. The van der Waals surface area contributed by atoms with Crippen LogP contribution in [-0.2, 0) is 11.3 Å². The lowest BCUT2D eigenvalue weighted by Crippen LogP contribution is -2.11. The smallest absolute Gasteiger partial charge is 0.332 e. The van der Waals surface area contributed by atoms with Gasteiger partial charge >= 0.3 is 5.69 Å². The summed E-state index contributed by atoms with van der Waals surface area (Å²) in [7, 11) is 0. The monoisotopic (exact) mass is 238 g/mol. The normalized spacial score (nSPS) is 10.2. The van der Waals surface area contributed by atoms with E-state index in [1.54, 1.807) is 11.5 Å². The van der Waals surface area contributed by atoms with Crippen molar-refractivity contribution in [2.24, 2.45) is 0 Å². The van der Waals surface area contributed by atoms with Crippen molar-refractivity contribution in [1.29, 1.82) is 0 Å². The lowest BCUT2D eigenvalue weighted by molar-refractivity contribution is -0.386. The van der Waals surface area contributed by atoms with Crippen molar-refractivity contribution >= 4 is 11.5 Å². The van der Waals surface area contributed by atoms with Gasteiger partial charge in [0.2, 0.25) is 0 Å². The van der Waals surface area contributed by atoms with Crippen LogP contribution in [0.4, 0.5) is 5.69 Å². The first kappa shape index (κ1) is 13.1. The Kier molecular flexibility index (Phi) is 4.56. The second-order valence-electron chi connectivity index (χ2n) is 3.69. The predicted molar refractivity (Wildman–Crippen MR) is 61.9 cm³/mol. The zero-order chi connectivity index (χ0) is 12.8. The van der Waals surface area contributed by atoms with Gasteiger partial charge in [-0.05, 0) is 6.42 Å². The summed E-state index contributed by atoms with van der Waals surface area (Å²) >= 11 is 0. The number of carbonyl (C=O) groups excluding carboxylic acids is 1. The molecular weight excluding hydrogens is 224 g/mol. The van der Waals surface area contributed by atoms with E-state index < -0.39 is 16.0 Å². The highest BCUT2D eigenvalue weighted by Gasteiger charge is 2.11. The van der Waals surface area contributed by atoms with Gasteiger partial charge in [0.25, 0.3) is 5.43 Å². The van der Waals surface area contributed by atoms with Crippen molar-refractivity contribution in [2.45, 2.75) is 32.7 Å². The summed E-state index contributed by atoms with van der Waals surface area (Å²) in [4.78, 5) is 32.0. The van der Waals surface area contributed by atoms with Crippen LogP contribution in [0.2, 0.25) is 0 Å². The maximum absolute atomic E-state index is 11.1. The van der Waals surface area contributed by atoms with Gasteiger partial charge < -0.3 is 4.57 Å². The Morgan fingerprint density at radius 2 is 2.24 bits per heavy atom. The molecule has 0 unspecified atom stereocenters. The van der Waals surface area contributed by atoms with E-state index in [1.165, 1.54) is 18.5 Å². The van der Waals surface area contributed by atoms with E-state index in [2.05, 4.69) is 0 Å². The summed E-state index contributed by atoms with van der Waals surface area (Å²) in [5.41, 5.74) is -1.04. The van der Waals surface area contributed by atoms with Gasteiger partial charge in [-0.3, -0.25) is 19.7 Å². The third kappa shape index (κ3) is 3.82. The molecule has 0 bridgehead atoms. The van der Waals surface area contributed by atoms with Gasteiger partial charge in [-0.25, -0.2) is 0 Å². The first-order chi connectivity index (χ1) is 8.04. The van der Waals surface area contributed by atoms with Crippen molar-refractivity contribution in [3.8, 4) is 0 Å². The molecule has 0 saturated carbocycles. The lowest BCUT2D eigenvalue weighted by Gasteiger charge is -2.04. The zero-order valence-electron chi connectivity index (χ0n) is 9.59. The molecular formula is C11H14N2O4. The minimum absolute atomic E-state index is 0.167. The molecule has 0 atom stereocenters. The number of rotatable bonds is 6. The number of ketones is 1. The van der Waals surface area contributed by atoms with Gasteiger partial charge in [0.1, 0.15) is 5.78 Å². The van der Waals surface area contributed by atoms with Crippen LogP contribution in [0.5, 0.6) is 0 Å². The number of nitrogens with zero attached hydrogens (tertiary/aromatic N) is 2. The molecule has 1 aromatic heterocycles. The summed E-state index contributed by atoms with van der Waals surface area (Å²) in [5.74, 6) is 0.167. The Hall–Kier alpha value is -1.98. The van der Waals surface area contributed by atoms with Gasteiger partial charge in [0.15, 0.2) is 0 Å². The number of carbonyl (C=O) groups is 1. The van der Waals surface area contributed by atoms with Crippen LogP contribution in [0.25, 0.3) is 0 Å². The van der Waals surface area contributed by atoms with Crippen LogP contribution in [0.3, 0.4) is 0 Å². The number of nitro groups is 1. The van der Waals surface area contributed by atoms with E-state index in [0.717, 1.165) is 0 Å². The molecule has 0 spiro atoms. The highest BCUT2D eigenvalue weighted by Crippen LogP contribution is 2.04. The quantitative estimate of drug-likeness (QED) is 0.555. The molecule has 1 aromatic rings. The first-order valence-corrected chi connectivity index (χ1v) is 5.40. The van der Waals surface area contributed by atoms with Crippen LogP contribution in [0.15, 0.2) is 23.3 Å². The number of aromatic nitrogens is 1. The summed E-state index contributed by atoms with van der Waals surface area (Å²) in [6.45, 7) is 2.29. The van der Waals surface area contributed by atoms with E-state index in [-0.39, 0.29) is 5.78 Å². The van der Waals surface area contributed by atoms with Gasteiger partial charge in [-0.15, -0.1) is 0 Å². The molecule has 0 saturated heterocycles. The maximum atomic E-state index is 11.1. The van der Waals surface area contributed by atoms with Gasteiger partial charge in [0, 0.05) is 31.6 Å². The topological polar surface area (TPSA) is 82.2 Å². The average Bonchev–Trinajstić information content (AvgIpc) is 2.30. The fourth-order valence-corrected chi connectivity index (χ4v) is 1.42. The van der Waals surface area contributed by atoms with Crippen molar-refractivity contribution < 1.29 is 9.72 Å². The van der Waals surface area contributed by atoms with Gasteiger partial charge in [0.05, 0.1) is 11.1 Å². The molecule has 6 nitrogen and oxygen atoms in total. The lowest BCUT2D eigenvalue weighted by atomic mass is 10.2. The number of hydrogen-bond donors (Lipinski definition) is 0. The minimum Gasteiger partial charge on any atom is -0.348 e. The fourth-order valence-electron chi connectivity index (χ4n) is 1.42. The van der Waals surface area contributed by atoms with Crippen LogP contribution in [0.1, 0.15) is 26.2 Å². The molecule has 0 amide bonds. The summed E-state index contributed by atoms with van der Waals surface area (Å²) < 4.78 is 1.56. The van der Waals surface area contributed by atoms with E-state index in [4.69, 9.17) is 0 Å². The van der Waals surface area contributed by atoms with Crippen molar-refractivity contribution in [3.63, 3.8) is 0 Å². The van der Waals surface area contributed by atoms with Crippen molar-refractivity contribution in [1.82, 2.24) is 4.57 Å². The standard InChI is InChI=1S/C11H14N2O4/c1-2-9(14)4-3-6-12-7-5-11(15)10(8-12)13(16)17/h5,7-8H,2-4,6H2,1H3. The second kappa shape index (κ2) is 5.93. The summed E-state index contributed by atoms with van der Waals surface area (Å²) in [6.07, 6.45) is 4.28. The molecule has 6 heteroatoms. The molecule has 0 aliphatic rings. The molecule has 0 aromatic carbocycles. The molecule has 0 radical (unpaired) electrons. The van der Waals surface area contributed by atoms with Crippen LogP contribution >= 0.6 is 0 Å². The molecule has 92 valence electrons. The number of hydrogen-bond acceptors (Lipinski definition) is 4. The molecule has 0 N–H and O–H groups in total. The third-order valence-electron chi connectivity index (χ3n) is 2.42. The predicted octanol–water partition coefficient (Wildman–Crippen LogP) is 1.52. The molecule has 1 rings (SSSR count). The second-order valence-corrected chi connectivity index (χ2v) is 3.69. The molecule has 0 aliphatic carbocycles. The van der Waals surface area contributed by atoms with Crippen LogP contribution in [-0.4, -0.2) is 15.3 Å².